The molecule has 4 heteroatoms. The average molecular weight is 270 g/mol. The zero-order valence-corrected chi connectivity index (χ0v) is 11.5. The van der Waals surface area contributed by atoms with E-state index in [1.807, 2.05) is 36.5 Å². The minimum atomic E-state index is -0.706. The van der Waals surface area contributed by atoms with Crippen LogP contribution in [0, 0.1) is 5.92 Å². The molecule has 20 heavy (non-hydrogen) atoms. The van der Waals surface area contributed by atoms with Crippen LogP contribution < -0.4 is 0 Å². The van der Waals surface area contributed by atoms with Crippen LogP contribution in [0.5, 0.6) is 0 Å². The summed E-state index contributed by atoms with van der Waals surface area (Å²) in [6.07, 6.45) is 3.78. The van der Waals surface area contributed by atoms with Crippen LogP contribution in [-0.2, 0) is 11.3 Å². The fraction of sp³-hybridized carbons (Fsp3) is 0.375. The summed E-state index contributed by atoms with van der Waals surface area (Å²) in [6.45, 7) is 3.01. The van der Waals surface area contributed by atoms with Crippen molar-refractivity contribution in [1.29, 1.82) is 0 Å². The number of benzene rings is 1. The second kappa shape index (κ2) is 5.12. The number of carboxylic acids is 1. The summed E-state index contributed by atoms with van der Waals surface area (Å²) in [7, 11) is 0. The Labute approximate surface area is 118 Å². The lowest BCUT2D eigenvalue weighted by Crippen LogP contribution is -2.05. The number of aryl methyl sites for hydroxylation is 1. The summed E-state index contributed by atoms with van der Waals surface area (Å²) < 4.78 is 2.12. The number of carbonyl (C=O) groups is 1. The molecule has 1 aromatic carbocycles. The minimum absolute atomic E-state index is 0.0801. The molecule has 3 rings (SSSR count). The van der Waals surface area contributed by atoms with Crippen molar-refractivity contribution in [2.75, 3.05) is 0 Å². The first-order valence-corrected chi connectivity index (χ1v) is 7.06. The van der Waals surface area contributed by atoms with Gasteiger partial charge in [-0.2, -0.15) is 0 Å². The Balaban J connectivity index is 1.93. The molecule has 0 radical (unpaired) electrons. The number of aromatic nitrogens is 2. The van der Waals surface area contributed by atoms with Crippen molar-refractivity contribution in [1.82, 2.24) is 9.55 Å². The molecule has 0 spiro atoms. The van der Waals surface area contributed by atoms with Gasteiger partial charge in [-0.1, -0.05) is 37.3 Å². The van der Waals surface area contributed by atoms with E-state index in [9.17, 15) is 4.79 Å². The van der Waals surface area contributed by atoms with E-state index in [1.54, 1.807) is 0 Å². The van der Waals surface area contributed by atoms with Crippen LogP contribution in [0.25, 0.3) is 11.3 Å². The van der Waals surface area contributed by atoms with E-state index in [0.717, 1.165) is 30.0 Å². The third kappa shape index (κ3) is 2.33. The van der Waals surface area contributed by atoms with Crippen molar-refractivity contribution >= 4 is 5.97 Å². The molecule has 1 heterocycles. The van der Waals surface area contributed by atoms with Crippen LogP contribution in [-0.4, -0.2) is 20.6 Å². The number of hydrogen-bond acceptors (Lipinski definition) is 2. The Bertz CT molecular complexity index is 619. The second-order valence-corrected chi connectivity index (χ2v) is 5.33. The maximum absolute atomic E-state index is 11.1. The van der Waals surface area contributed by atoms with Gasteiger partial charge in [0.05, 0.1) is 11.6 Å². The van der Waals surface area contributed by atoms with Gasteiger partial charge in [-0.3, -0.25) is 4.79 Å². The Kier molecular flexibility index (Phi) is 3.30. The predicted octanol–water partition coefficient (Wildman–Crippen LogP) is 3.15. The van der Waals surface area contributed by atoms with Crippen molar-refractivity contribution in [3.63, 3.8) is 0 Å². The van der Waals surface area contributed by atoms with Gasteiger partial charge in [0.25, 0.3) is 0 Å². The molecule has 2 unspecified atom stereocenters. The van der Waals surface area contributed by atoms with Crippen LogP contribution in [0.4, 0.5) is 0 Å². The highest BCUT2D eigenvalue weighted by atomic mass is 16.4. The third-order valence-electron chi connectivity index (χ3n) is 3.78. The molecule has 1 aliphatic rings. The summed E-state index contributed by atoms with van der Waals surface area (Å²) >= 11 is 0. The molecule has 0 amide bonds. The van der Waals surface area contributed by atoms with Gasteiger partial charge in [0.15, 0.2) is 0 Å². The Morgan fingerprint density at radius 2 is 2.15 bits per heavy atom. The highest BCUT2D eigenvalue weighted by Gasteiger charge is 2.47. The summed E-state index contributed by atoms with van der Waals surface area (Å²) in [5, 5.41) is 9.09. The highest BCUT2D eigenvalue weighted by Crippen LogP contribution is 2.47. The summed E-state index contributed by atoms with van der Waals surface area (Å²) in [5.41, 5.74) is 2.02. The Morgan fingerprint density at radius 1 is 1.40 bits per heavy atom. The average Bonchev–Trinajstić information content (AvgIpc) is 3.15. The number of imidazole rings is 1. The van der Waals surface area contributed by atoms with Crippen LogP contribution in [0.2, 0.25) is 0 Å². The minimum Gasteiger partial charge on any atom is -0.481 e. The maximum atomic E-state index is 11.1. The van der Waals surface area contributed by atoms with Crippen molar-refractivity contribution in [3.05, 3.63) is 42.4 Å². The molecule has 104 valence electrons. The van der Waals surface area contributed by atoms with E-state index in [0.29, 0.717) is 6.42 Å². The zero-order chi connectivity index (χ0) is 14.1. The molecule has 2 aromatic rings. The van der Waals surface area contributed by atoms with Gasteiger partial charge >= 0.3 is 5.97 Å². The lowest BCUT2D eigenvalue weighted by molar-refractivity contribution is -0.138. The van der Waals surface area contributed by atoms with Crippen molar-refractivity contribution in [2.45, 2.75) is 32.2 Å². The smallest absolute Gasteiger partial charge is 0.307 e. The third-order valence-corrected chi connectivity index (χ3v) is 3.78. The van der Waals surface area contributed by atoms with Gasteiger partial charge in [0.2, 0.25) is 0 Å². The lowest BCUT2D eigenvalue weighted by atomic mass is 10.2. The quantitative estimate of drug-likeness (QED) is 0.908. The van der Waals surface area contributed by atoms with Gasteiger partial charge in [0, 0.05) is 24.2 Å². The molecule has 1 aromatic heterocycles. The molecular formula is C16H18N2O2. The van der Waals surface area contributed by atoms with E-state index >= 15 is 0 Å². The van der Waals surface area contributed by atoms with Gasteiger partial charge in [0.1, 0.15) is 5.82 Å². The van der Waals surface area contributed by atoms with Gasteiger partial charge < -0.3 is 9.67 Å². The zero-order valence-electron chi connectivity index (χ0n) is 11.5. The Hall–Kier alpha value is -2.10. The van der Waals surface area contributed by atoms with E-state index in [1.165, 1.54) is 0 Å². The second-order valence-electron chi connectivity index (χ2n) is 5.33. The molecule has 2 atom stereocenters. The number of hydrogen-bond donors (Lipinski definition) is 1. The monoisotopic (exact) mass is 270 g/mol. The molecule has 4 nitrogen and oxygen atoms in total. The predicted molar refractivity (Wildman–Crippen MR) is 76.4 cm³/mol. The number of carboxylic acid groups (broad SMARTS) is 1. The number of rotatable bonds is 5. The summed E-state index contributed by atoms with van der Waals surface area (Å²) in [6, 6.07) is 10.0. The fourth-order valence-corrected chi connectivity index (χ4v) is 2.65. The molecule has 0 saturated heterocycles. The SMILES string of the molecule is CCCn1cc(-c2ccccc2)nc1C1CC1C(=O)O. The van der Waals surface area contributed by atoms with Gasteiger partial charge in [-0.05, 0) is 12.8 Å². The normalized spacial score (nSPS) is 20.9. The lowest BCUT2D eigenvalue weighted by Gasteiger charge is -2.04. The molecule has 0 bridgehead atoms. The first-order chi connectivity index (χ1) is 9.70. The van der Waals surface area contributed by atoms with Crippen LogP contribution in [0.1, 0.15) is 31.5 Å². The molecular weight excluding hydrogens is 252 g/mol. The van der Waals surface area contributed by atoms with Gasteiger partial charge in [-0.25, -0.2) is 4.98 Å². The van der Waals surface area contributed by atoms with Crippen LogP contribution in [0.15, 0.2) is 36.5 Å². The van der Waals surface area contributed by atoms with E-state index < -0.39 is 5.97 Å². The largest absolute Gasteiger partial charge is 0.481 e. The van der Waals surface area contributed by atoms with Crippen LogP contribution in [0.3, 0.4) is 0 Å². The molecule has 0 aliphatic heterocycles. The molecule has 1 N–H and O–H groups in total. The number of aliphatic carboxylic acids is 1. The standard InChI is InChI=1S/C16H18N2O2/c1-2-8-18-10-14(11-6-4-3-5-7-11)17-15(18)12-9-13(12)16(19)20/h3-7,10,12-13H,2,8-9H2,1H3,(H,19,20). The van der Waals surface area contributed by atoms with Crippen molar-refractivity contribution < 1.29 is 9.90 Å². The van der Waals surface area contributed by atoms with Gasteiger partial charge in [-0.15, -0.1) is 0 Å². The van der Waals surface area contributed by atoms with Crippen LogP contribution >= 0.6 is 0 Å². The highest BCUT2D eigenvalue weighted by molar-refractivity contribution is 5.75. The first-order valence-electron chi connectivity index (χ1n) is 7.06. The van der Waals surface area contributed by atoms with Crippen molar-refractivity contribution in [2.24, 2.45) is 5.92 Å². The molecule has 1 aliphatic carbocycles. The van der Waals surface area contributed by atoms with E-state index in [4.69, 9.17) is 10.1 Å². The fourth-order valence-electron chi connectivity index (χ4n) is 2.65. The van der Waals surface area contributed by atoms with Crippen molar-refractivity contribution in [3.8, 4) is 11.3 Å². The summed E-state index contributed by atoms with van der Waals surface area (Å²) in [5.74, 6) is 0.0496. The van der Waals surface area contributed by atoms with E-state index in [-0.39, 0.29) is 11.8 Å². The first kappa shape index (κ1) is 12.9. The Morgan fingerprint density at radius 3 is 2.75 bits per heavy atom. The number of nitrogens with zero attached hydrogens (tertiary/aromatic N) is 2. The molecule has 1 saturated carbocycles. The van der Waals surface area contributed by atoms with E-state index in [2.05, 4.69) is 11.5 Å². The topological polar surface area (TPSA) is 55.1 Å². The molecule has 1 fully saturated rings. The maximum Gasteiger partial charge on any atom is 0.307 e. The summed E-state index contributed by atoms with van der Waals surface area (Å²) in [4.78, 5) is 15.7.